The lowest BCUT2D eigenvalue weighted by Gasteiger charge is -2.39. The molecular weight excluding hydrogens is 444 g/mol. The van der Waals surface area contributed by atoms with Crippen LogP contribution in [0.4, 0.5) is 5.69 Å². The van der Waals surface area contributed by atoms with Gasteiger partial charge in [0.15, 0.2) is 0 Å². The maximum Gasteiger partial charge on any atom is 0.316 e. The minimum atomic E-state index is -0.782. The molecule has 0 saturated carbocycles. The topological polar surface area (TPSA) is 80.2 Å². The average molecular weight is 475 g/mol. The number of hydrogen-bond donors (Lipinski definition) is 2. The molecule has 4 rings (SSSR count). The molecule has 0 bridgehead atoms. The first-order chi connectivity index (χ1) is 16.3. The van der Waals surface area contributed by atoms with Crippen molar-refractivity contribution in [3.8, 4) is 28.4 Å². The van der Waals surface area contributed by atoms with E-state index in [1.807, 2.05) is 43.3 Å². The number of aromatic nitrogens is 3. The molecule has 0 aliphatic carbocycles. The van der Waals surface area contributed by atoms with Gasteiger partial charge in [0.1, 0.15) is 6.23 Å². The van der Waals surface area contributed by atoms with Gasteiger partial charge in [-0.1, -0.05) is 57.2 Å². The highest BCUT2D eigenvalue weighted by molar-refractivity contribution is 7.09. The number of nitrogens with one attached hydrogen (secondary N) is 1. The van der Waals surface area contributed by atoms with Crippen LogP contribution in [0.25, 0.3) is 22.4 Å². The monoisotopic (exact) mass is 474 g/mol. The summed E-state index contributed by atoms with van der Waals surface area (Å²) in [5.41, 5.74) is 5.36. The van der Waals surface area contributed by atoms with Gasteiger partial charge in [0.2, 0.25) is 0 Å². The molecule has 2 heterocycles. The molecule has 34 heavy (non-hydrogen) atoms. The summed E-state index contributed by atoms with van der Waals surface area (Å²) >= 11 is 1.64. The van der Waals surface area contributed by atoms with E-state index < -0.39 is 11.6 Å². The maximum absolute atomic E-state index is 11.3. The molecule has 7 heteroatoms. The molecule has 0 spiro atoms. The van der Waals surface area contributed by atoms with Crippen molar-refractivity contribution < 1.29 is 9.84 Å². The third-order valence-corrected chi connectivity index (χ3v) is 7.29. The van der Waals surface area contributed by atoms with E-state index in [2.05, 4.69) is 58.6 Å². The molecule has 2 aromatic heterocycles. The van der Waals surface area contributed by atoms with E-state index in [4.69, 9.17) is 4.74 Å². The van der Waals surface area contributed by atoms with Crippen LogP contribution >= 0.6 is 11.3 Å². The largest absolute Gasteiger partial charge is 0.467 e. The second kappa shape index (κ2) is 9.91. The summed E-state index contributed by atoms with van der Waals surface area (Å²) < 4.78 is 5.04. The predicted molar refractivity (Wildman–Crippen MR) is 138 cm³/mol. The van der Waals surface area contributed by atoms with Gasteiger partial charge in [0, 0.05) is 40.0 Å². The molecule has 2 N–H and O–H groups in total. The Morgan fingerprint density at radius 2 is 1.56 bits per heavy atom. The summed E-state index contributed by atoms with van der Waals surface area (Å²) in [5.74, 6) is 0.183. The van der Waals surface area contributed by atoms with E-state index in [0.717, 1.165) is 38.6 Å². The Hall–Kier alpha value is -3.29. The fourth-order valence-corrected chi connectivity index (χ4v) is 4.56. The number of methoxy groups -OCH3 is 1. The molecule has 0 radical (unpaired) electrons. The number of anilines is 1. The SMILES string of the molecule is COc1ncc(-c2ccc(C(C)(C(C)C)C(O)Nc3ccc(-c4csc(C)n4)cc3)cc2)cn1. The first-order valence-corrected chi connectivity index (χ1v) is 12.1. The fraction of sp³-hybridized carbons (Fsp3) is 0.296. The molecule has 0 aliphatic rings. The smallest absolute Gasteiger partial charge is 0.316 e. The summed E-state index contributed by atoms with van der Waals surface area (Å²) in [6.07, 6.45) is 2.71. The number of aryl methyl sites for hydroxylation is 1. The number of benzene rings is 2. The molecule has 0 saturated heterocycles. The summed E-state index contributed by atoms with van der Waals surface area (Å²) in [6.45, 7) is 8.35. The lowest BCUT2D eigenvalue weighted by molar-refractivity contribution is 0.0840. The maximum atomic E-state index is 11.3. The van der Waals surface area contributed by atoms with Crippen LogP contribution in [0.15, 0.2) is 66.3 Å². The van der Waals surface area contributed by atoms with Crippen LogP contribution in [0.1, 0.15) is 31.3 Å². The number of thiazole rings is 1. The molecule has 2 aromatic carbocycles. The van der Waals surface area contributed by atoms with Crippen LogP contribution in [-0.4, -0.2) is 33.4 Å². The second-order valence-corrected chi connectivity index (χ2v) is 9.91. The van der Waals surface area contributed by atoms with Gasteiger partial charge in [-0.05, 0) is 36.1 Å². The van der Waals surface area contributed by atoms with Crippen molar-refractivity contribution in [2.24, 2.45) is 5.92 Å². The molecule has 0 amide bonds. The third-order valence-electron chi connectivity index (χ3n) is 6.52. The Kier molecular flexibility index (Phi) is 6.95. The molecule has 0 fully saturated rings. The number of ether oxygens (including phenoxy) is 1. The van der Waals surface area contributed by atoms with Gasteiger partial charge in [-0.15, -0.1) is 11.3 Å². The lowest BCUT2D eigenvalue weighted by atomic mass is 9.71. The van der Waals surface area contributed by atoms with Crippen molar-refractivity contribution in [2.75, 3.05) is 12.4 Å². The van der Waals surface area contributed by atoms with Crippen LogP contribution < -0.4 is 10.1 Å². The van der Waals surface area contributed by atoms with Gasteiger partial charge < -0.3 is 15.2 Å². The van der Waals surface area contributed by atoms with Crippen LogP contribution in [-0.2, 0) is 5.41 Å². The van der Waals surface area contributed by atoms with Gasteiger partial charge in [-0.25, -0.2) is 15.0 Å². The Labute approximate surface area is 204 Å². The van der Waals surface area contributed by atoms with Crippen LogP contribution in [0.5, 0.6) is 6.01 Å². The number of aliphatic hydroxyl groups is 1. The zero-order chi connectivity index (χ0) is 24.3. The highest BCUT2D eigenvalue weighted by Gasteiger charge is 2.38. The van der Waals surface area contributed by atoms with Gasteiger partial charge in [-0.2, -0.15) is 0 Å². The molecule has 6 nitrogen and oxygen atoms in total. The van der Waals surface area contributed by atoms with Crippen molar-refractivity contribution in [1.29, 1.82) is 0 Å². The molecular formula is C27H30N4O2S. The number of hydrogen-bond acceptors (Lipinski definition) is 7. The van der Waals surface area contributed by atoms with E-state index in [0.29, 0.717) is 6.01 Å². The Morgan fingerprint density at radius 3 is 2.09 bits per heavy atom. The van der Waals surface area contributed by atoms with E-state index >= 15 is 0 Å². The number of nitrogens with zero attached hydrogens (tertiary/aromatic N) is 3. The van der Waals surface area contributed by atoms with Crippen molar-refractivity contribution in [1.82, 2.24) is 15.0 Å². The average Bonchev–Trinajstić information content (AvgIpc) is 3.30. The Bertz CT molecular complexity index is 1220. The lowest BCUT2D eigenvalue weighted by Crippen LogP contribution is -2.46. The van der Waals surface area contributed by atoms with Crippen molar-refractivity contribution >= 4 is 17.0 Å². The van der Waals surface area contributed by atoms with Crippen molar-refractivity contribution in [3.63, 3.8) is 0 Å². The zero-order valence-electron chi connectivity index (χ0n) is 20.1. The first-order valence-electron chi connectivity index (χ1n) is 11.3. The minimum absolute atomic E-state index is 0.183. The summed E-state index contributed by atoms with van der Waals surface area (Å²) in [5, 5.41) is 17.7. The van der Waals surface area contributed by atoms with Crippen LogP contribution in [0, 0.1) is 12.8 Å². The summed E-state index contributed by atoms with van der Waals surface area (Å²) in [4.78, 5) is 12.9. The molecule has 2 unspecified atom stereocenters. The summed E-state index contributed by atoms with van der Waals surface area (Å²) in [7, 11) is 1.55. The molecule has 0 aliphatic heterocycles. The van der Waals surface area contributed by atoms with Crippen molar-refractivity contribution in [3.05, 3.63) is 76.9 Å². The van der Waals surface area contributed by atoms with E-state index in [1.54, 1.807) is 30.8 Å². The van der Waals surface area contributed by atoms with Gasteiger partial charge in [0.25, 0.3) is 0 Å². The molecule has 4 aromatic rings. The second-order valence-electron chi connectivity index (χ2n) is 8.85. The first kappa shape index (κ1) is 23.9. The standard InChI is InChI=1S/C27H30N4O2S/c1-17(2)27(4,22-10-6-19(7-11-22)21-14-28-26(33-5)29-15-21)25(32)31-23-12-8-20(9-13-23)24-16-34-18(3)30-24/h6-17,25,31-32H,1-5H3. The van der Waals surface area contributed by atoms with Gasteiger partial charge in [0.05, 0.1) is 17.8 Å². The van der Waals surface area contributed by atoms with E-state index in [1.165, 1.54) is 0 Å². The Morgan fingerprint density at radius 1 is 0.941 bits per heavy atom. The van der Waals surface area contributed by atoms with E-state index in [9.17, 15) is 5.11 Å². The fourth-order valence-electron chi connectivity index (χ4n) is 3.94. The van der Waals surface area contributed by atoms with Gasteiger partial charge >= 0.3 is 6.01 Å². The minimum Gasteiger partial charge on any atom is -0.467 e. The molecule has 2 atom stereocenters. The highest BCUT2D eigenvalue weighted by atomic mass is 32.1. The number of rotatable bonds is 8. The molecule has 176 valence electrons. The van der Waals surface area contributed by atoms with Crippen LogP contribution in [0.2, 0.25) is 0 Å². The zero-order valence-corrected chi connectivity index (χ0v) is 20.9. The predicted octanol–water partition coefficient (Wildman–Crippen LogP) is 5.93. The quantitative estimate of drug-likeness (QED) is 0.308. The normalized spacial score (nSPS) is 14.0. The highest BCUT2D eigenvalue weighted by Crippen LogP contribution is 2.37. The van der Waals surface area contributed by atoms with Crippen molar-refractivity contribution in [2.45, 2.75) is 39.3 Å². The number of aliphatic hydroxyl groups excluding tert-OH is 1. The van der Waals surface area contributed by atoms with Crippen LogP contribution in [0.3, 0.4) is 0 Å². The third kappa shape index (κ3) is 4.81. The Balaban J connectivity index is 1.53. The summed E-state index contributed by atoms with van der Waals surface area (Å²) in [6, 6.07) is 16.6. The van der Waals surface area contributed by atoms with E-state index in [-0.39, 0.29) is 5.92 Å². The van der Waals surface area contributed by atoms with Gasteiger partial charge in [-0.3, -0.25) is 0 Å².